The molecule has 3 N–H and O–H groups in total. The highest BCUT2D eigenvalue weighted by molar-refractivity contribution is 7.85. The SMILES string of the molecule is CN[C@@]1(c2ccc(C(F)(F)F)cc2)CCC[C@](C)(O)C1=O.CS(=O)(=O)O. The first-order valence-corrected chi connectivity index (χ1v) is 9.55. The Bertz CT molecular complexity index is 736. The number of carbonyl (C=O) groups is 1. The standard InChI is InChI=1S/C15H18F3NO2.CH4O3S/c1-13(21)8-3-9-14(19-2,12(13)20)10-4-6-11(7-5-10)15(16,17)18;1-5(2,3)4/h4-7,19,21H,3,8-9H2,1-2H3;1H3,(H,2,3,4)/t13-,14+;/m0./s1. The van der Waals surface area contributed by atoms with Crippen molar-refractivity contribution in [1.29, 1.82) is 0 Å². The van der Waals surface area contributed by atoms with Crippen LogP contribution in [-0.2, 0) is 26.6 Å². The number of carbonyl (C=O) groups excluding carboxylic acids is 1. The summed E-state index contributed by atoms with van der Waals surface area (Å²) in [5.74, 6) is -0.400. The van der Waals surface area contributed by atoms with Crippen molar-refractivity contribution >= 4 is 15.9 Å². The van der Waals surface area contributed by atoms with Gasteiger partial charge in [0.2, 0.25) is 0 Å². The van der Waals surface area contributed by atoms with Crippen LogP contribution in [0.2, 0.25) is 0 Å². The lowest BCUT2D eigenvalue weighted by Crippen LogP contribution is -2.59. The molecule has 0 saturated heterocycles. The van der Waals surface area contributed by atoms with Crippen molar-refractivity contribution in [2.45, 2.75) is 43.5 Å². The second-order valence-electron chi connectivity index (χ2n) is 6.42. The summed E-state index contributed by atoms with van der Waals surface area (Å²) in [5.41, 5.74) is -2.91. The molecule has 0 heterocycles. The van der Waals surface area contributed by atoms with E-state index in [4.69, 9.17) is 4.55 Å². The Balaban J connectivity index is 0.000000597. The van der Waals surface area contributed by atoms with Crippen LogP contribution >= 0.6 is 0 Å². The number of Topliss-reactive ketones (excluding diaryl/α,β-unsaturated/α-hetero) is 1. The number of halogens is 3. The Morgan fingerprint density at radius 2 is 1.62 bits per heavy atom. The molecule has 1 saturated carbocycles. The van der Waals surface area contributed by atoms with Crippen LogP contribution in [0.5, 0.6) is 0 Å². The molecule has 0 aliphatic heterocycles. The van der Waals surface area contributed by atoms with Crippen molar-refractivity contribution < 1.29 is 36.0 Å². The van der Waals surface area contributed by atoms with Gasteiger partial charge in [-0.2, -0.15) is 21.6 Å². The van der Waals surface area contributed by atoms with Crippen molar-refractivity contribution in [2.75, 3.05) is 13.3 Å². The minimum atomic E-state index is -4.41. The third-order valence-corrected chi connectivity index (χ3v) is 4.22. The maximum atomic E-state index is 12.6. The van der Waals surface area contributed by atoms with Gasteiger partial charge in [-0.15, -0.1) is 0 Å². The Labute approximate surface area is 150 Å². The number of rotatable bonds is 2. The summed E-state index contributed by atoms with van der Waals surface area (Å²) in [5, 5.41) is 13.1. The summed E-state index contributed by atoms with van der Waals surface area (Å²) in [4.78, 5) is 12.5. The van der Waals surface area contributed by atoms with Crippen molar-refractivity contribution in [3.63, 3.8) is 0 Å². The predicted molar refractivity (Wildman–Crippen MR) is 89.1 cm³/mol. The number of likely N-dealkylation sites (N-methyl/N-ethyl adjacent to an activating group) is 1. The summed E-state index contributed by atoms with van der Waals surface area (Å²) in [6, 6.07) is 4.54. The number of benzene rings is 1. The summed E-state index contributed by atoms with van der Waals surface area (Å²) < 4.78 is 63.7. The molecule has 1 aliphatic rings. The average molecular weight is 397 g/mol. The zero-order valence-corrected chi connectivity index (χ0v) is 15.4. The zero-order chi connectivity index (χ0) is 20.4. The van der Waals surface area contributed by atoms with Gasteiger partial charge >= 0.3 is 6.18 Å². The first-order valence-electron chi connectivity index (χ1n) is 7.70. The Morgan fingerprint density at radius 1 is 1.15 bits per heavy atom. The van der Waals surface area contributed by atoms with Crippen LogP contribution in [0.15, 0.2) is 24.3 Å². The molecule has 148 valence electrons. The van der Waals surface area contributed by atoms with Gasteiger partial charge in [0.15, 0.2) is 5.78 Å². The van der Waals surface area contributed by atoms with E-state index in [-0.39, 0.29) is 0 Å². The third kappa shape index (κ3) is 5.50. The van der Waals surface area contributed by atoms with Crippen LogP contribution in [0.3, 0.4) is 0 Å². The minimum Gasteiger partial charge on any atom is -0.382 e. The highest BCUT2D eigenvalue weighted by atomic mass is 32.2. The first-order chi connectivity index (χ1) is 11.6. The average Bonchev–Trinajstić information content (AvgIpc) is 2.48. The van der Waals surface area contributed by atoms with Gasteiger partial charge in [-0.1, -0.05) is 12.1 Å². The number of ketones is 1. The molecule has 0 radical (unpaired) electrons. The molecule has 2 atom stereocenters. The van der Waals surface area contributed by atoms with Crippen LogP contribution in [0.1, 0.15) is 37.3 Å². The van der Waals surface area contributed by atoms with Gasteiger partial charge in [0.1, 0.15) is 11.1 Å². The van der Waals surface area contributed by atoms with E-state index in [0.29, 0.717) is 31.1 Å². The lowest BCUT2D eigenvalue weighted by atomic mass is 9.69. The van der Waals surface area contributed by atoms with Gasteiger partial charge in [-0.25, -0.2) is 0 Å². The van der Waals surface area contributed by atoms with E-state index in [9.17, 15) is 31.5 Å². The van der Waals surface area contributed by atoms with Crippen LogP contribution in [-0.4, -0.2) is 42.8 Å². The van der Waals surface area contributed by atoms with Crippen LogP contribution < -0.4 is 5.32 Å². The number of aliphatic hydroxyl groups is 1. The van der Waals surface area contributed by atoms with E-state index in [0.717, 1.165) is 12.1 Å². The fourth-order valence-electron chi connectivity index (χ4n) is 2.99. The molecule has 0 aromatic heterocycles. The van der Waals surface area contributed by atoms with Gasteiger partial charge in [0.25, 0.3) is 10.1 Å². The Kier molecular flexibility index (Phi) is 6.62. The maximum absolute atomic E-state index is 12.6. The lowest BCUT2D eigenvalue weighted by molar-refractivity contribution is -0.148. The molecular weight excluding hydrogens is 375 g/mol. The van der Waals surface area contributed by atoms with E-state index in [1.165, 1.54) is 19.1 Å². The van der Waals surface area contributed by atoms with Crippen molar-refractivity contribution in [3.05, 3.63) is 35.4 Å². The predicted octanol–water partition coefficient (Wildman–Crippen LogP) is 2.13. The molecular formula is C16H22F3NO5S. The van der Waals surface area contributed by atoms with E-state index in [1.807, 2.05) is 0 Å². The van der Waals surface area contributed by atoms with Crippen LogP contribution in [0.25, 0.3) is 0 Å². The third-order valence-electron chi connectivity index (χ3n) is 4.22. The van der Waals surface area contributed by atoms with Crippen molar-refractivity contribution in [3.8, 4) is 0 Å². The lowest BCUT2D eigenvalue weighted by Gasteiger charge is -2.42. The van der Waals surface area contributed by atoms with Crippen LogP contribution in [0, 0.1) is 0 Å². The Hall–Kier alpha value is -1.49. The van der Waals surface area contributed by atoms with Gasteiger partial charge in [-0.05, 0) is 50.9 Å². The fourth-order valence-corrected chi connectivity index (χ4v) is 2.99. The van der Waals surface area contributed by atoms with Gasteiger partial charge in [0, 0.05) is 0 Å². The highest BCUT2D eigenvalue weighted by Gasteiger charge is 2.50. The van der Waals surface area contributed by atoms with Crippen molar-refractivity contribution in [2.24, 2.45) is 0 Å². The molecule has 1 fully saturated rings. The summed E-state index contributed by atoms with van der Waals surface area (Å²) in [6.07, 6.45) is -2.28. The van der Waals surface area contributed by atoms with Gasteiger partial charge < -0.3 is 10.4 Å². The topological polar surface area (TPSA) is 104 Å². The van der Waals surface area contributed by atoms with E-state index in [2.05, 4.69) is 5.32 Å². The molecule has 6 nitrogen and oxygen atoms in total. The van der Waals surface area contributed by atoms with E-state index >= 15 is 0 Å². The molecule has 26 heavy (non-hydrogen) atoms. The highest BCUT2D eigenvalue weighted by Crippen LogP contribution is 2.39. The number of hydrogen-bond acceptors (Lipinski definition) is 5. The number of alkyl halides is 3. The second kappa shape index (κ2) is 7.63. The normalized spacial score (nSPS) is 26.8. The van der Waals surface area contributed by atoms with E-state index in [1.54, 1.807) is 7.05 Å². The monoisotopic (exact) mass is 397 g/mol. The summed E-state index contributed by atoms with van der Waals surface area (Å²) >= 11 is 0. The van der Waals surface area contributed by atoms with Crippen LogP contribution in [0.4, 0.5) is 13.2 Å². The number of nitrogens with one attached hydrogen (secondary N) is 1. The molecule has 0 unspecified atom stereocenters. The Morgan fingerprint density at radius 3 is 2.00 bits per heavy atom. The first kappa shape index (κ1) is 22.6. The van der Waals surface area contributed by atoms with E-state index < -0.39 is 38.8 Å². The maximum Gasteiger partial charge on any atom is 0.416 e. The zero-order valence-electron chi connectivity index (χ0n) is 14.6. The van der Waals surface area contributed by atoms with Crippen molar-refractivity contribution in [1.82, 2.24) is 5.32 Å². The molecule has 0 amide bonds. The molecule has 1 aromatic carbocycles. The number of hydrogen-bond donors (Lipinski definition) is 3. The summed E-state index contributed by atoms with van der Waals surface area (Å²) in [7, 11) is -2.09. The molecule has 1 aliphatic carbocycles. The quantitative estimate of drug-likeness (QED) is 0.661. The van der Waals surface area contributed by atoms with Gasteiger partial charge in [-0.3, -0.25) is 9.35 Å². The molecule has 10 heteroatoms. The molecule has 0 spiro atoms. The largest absolute Gasteiger partial charge is 0.416 e. The van der Waals surface area contributed by atoms with Gasteiger partial charge in [0.05, 0.1) is 11.8 Å². The smallest absolute Gasteiger partial charge is 0.382 e. The second-order valence-corrected chi connectivity index (χ2v) is 7.89. The molecule has 2 rings (SSSR count). The molecule has 1 aromatic rings. The summed E-state index contributed by atoms with van der Waals surface area (Å²) in [6.45, 7) is 1.45. The minimum absolute atomic E-state index is 0.357. The fraction of sp³-hybridized carbons (Fsp3) is 0.562. The molecule has 0 bridgehead atoms.